The molecule has 1 heterocycles. The number of phenols is 1. The third kappa shape index (κ3) is 2.12. The molecule has 24 heavy (non-hydrogen) atoms. The maximum Gasteiger partial charge on any atom is 0.237 e. The zero-order chi connectivity index (χ0) is 16.8. The highest BCUT2D eigenvalue weighted by molar-refractivity contribution is 6.52. The molecule has 0 fully saturated rings. The van der Waals surface area contributed by atoms with Gasteiger partial charge in [-0.25, -0.2) is 4.39 Å². The molecule has 0 radical (unpaired) electrons. The van der Waals surface area contributed by atoms with Gasteiger partial charge >= 0.3 is 0 Å². The zero-order valence-electron chi connectivity index (χ0n) is 12.6. The molecule has 1 unspecified atom stereocenters. The molecule has 5 heteroatoms. The van der Waals surface area contributed by atoms with Crippen LogP contribution in [0.3, 0.4) is 0 Å². The molecule has 1 N–H and O–H groups in total. The van der Waals surface area contributed by atoms with Crippen LogP contribution in [-0.2, 0) is 9.53 Å². The van der Waals surface area contributed by atoms with Gasteiger partial charge in [0, 0.05) is 11.1 Å². The Hall–Kier alpha value is -2.95. The van der Waals surface area contributed by atoms with Crippen molar-refractivity contribution in [1.82, 2.24) is 0 Å². The van der Waals surface area contributed by atoms with Gasteiger partial charge in [0.25, 0.3) is 0 Å². The second kappa shape index (κ2) is 5.30. The fourth-order valence-corrected chi connectivity index (χ4v) is 3.23. The zero-order valence-corrected chi connectivity index (χ0v) is 12.6. The van der Waals surface area contributed by atoms with Crippen LogP contribution in [-0.4, -0.2) is 16.7 Å². The molecule has 1 atom stereocenters. The lowest BCUT2D eigenvalue weighted by Gasteiger charge is -2.31. The maximum absolute atomic E-state index is 13.1. The van der Waals surface area contributed by atoms with Gasteiger partial charge in [-0.1, -0.05) is 24.3 Å². The molecule has 2 aromatic rings. The number of carbonyl (C=O) groups is 2. The fourth-order valence-electron chi connectivity index (χ4n) is 3.23. The summed E-state index contributed by atoms with van der Waals surface area (Å²) >= 11 is 0. The lowest BCUT2D eigenvalue weighted by Crippen LogP contribution is -2.28. The van der Waals surface area contributed by atoms with Gasteiger partial charge in [-0.05, 0) is 36.6 Å². The van der Waals surface area contributed by atoms with Gasteiger partial charge in [-0.3, -0.25) is 9.59 Å². The smallest absolute Gasteiger partial charge is 0.237 e. The molecule has 120 valence electrons. The summed E-state index contributed by atoms with van der Waals surface area (Å²) in [6.45, 7) is 0. The van der Waals surface area contributed by atoms with E-state index in [4.69, 9.17) is 4.74 Å². The number of hydrogen-bond acceptors (Lipinski definition) is 4. The minimum absolute atomic E-state index is 0.0130. The maximum atomic E-state index is 13.1. The van der Waals surface area contributed by atoms with Crippen LogP contribution in [0.15, 0.2) is 48.0 Å². The molecular weight excluding hydrogens is 311 g/mol. The Balaban J connectivity index is 1.79. The van der Waals surface area contributed by atoms with Crippen LogP contribution in [0.25, 0.3) is 5.76 Å². The van der Waals surface area contributed by atoms with Crippen molar-refractivity contribution in [1.29, 1.82) is 0 Å². The van der Waals surface area contributed by atoms with E-state index in [-0.39, 0.29) is 23.2 Å². The van der Waals surface area contributed by atoms with Gasteiger partial charge in [0.1, 0.15) is 23.4 Å². The van der Waals surface area contributed by atoms with Crippen LogP contribution in [0, 0.1) is 5.82 Å². The Morgan fingerprint density at radius 2 is 1.79 bits per heavy atom. The van der Waals surface area contributed by atoms with E-state index in [0.717, 1.165) is 5.56 Å². The number of hydrogen-bond donors (Lipinski definition) is 1. The van der Waals surface area contributed by atoms with Crippen LogP contribution in [0.5, 0.6) is 5.75 Å². The van der Waals surface area contributed by atoms with E-state index in [0.29, 0.717) is 29.7 Å². The first kappa shape index (κ1) is 14.6. The third-order valence-corrected chi connectivity index (χ3v) is 4.43. The summed E-state index contributed by atoms with van der Waals surface area (Å²) in [5, 5.41) is 9.96. The van der Waals surface area contributed by atoms with Gasteiger partial charge in [0.15, 0.2) is 0 Å². The van der Waals surface area contributed by atoms with Gasteiger partial charge in [0.05, 0.1) is 5.56 Å². The lowest BCUT2D eigenvalue weighted by atomic mass is 9.83. The minimum Gasteiger partial charge on any atom is -0.507 e. The van der Waals surface area contributed by atoms with E-state index in [1.807, 2.05) is 0 Å². The van der Waals surface area contributed by atoms with E-state index in [1.54, 1.807) is 24.3 Å². The molecule has 2 aromatic carbocycles. The summed E-state index contributed by atoms with van der Waals surface area (Å²) < 4.78 is 19.1. The lowest BCUT2D eigenvalue weighted by molar-refractivity contribution is -0.112. The first-order valence-electron chi connectivity index (χ1n) is 7.63. The summed E-state index contributed by atoms with van der Waals surface area (Å²) in [6.07, 6.45) is 0.592. The molecule has 2 aliphatic rings. The normalized spacial score (nSPS) is 19.6. The molecule has 0 bridgehead atoms. The standard InChI is InChI=1S/C19H13FO4/c20-11-6-4-10(5-7-11)15-9-8-13-17(22)18(23)16-12(19(13)24-15)2-1-3-14(16)21/h1-7,15,21H,8-9H2. The van der Waals surface area contributed by atoms with E-state index in [9.17, 15) is 19.1 Å². The van der Waals surface area contributed by atoms with E-state index in [1.165, 1.54) is 18.2 Å². The molecule has 0 amide bonds. The number of rotatable bonds is 1. The number of benzene rings is 2. The van der Waals surface area contributed by atoms with Crippen molar-refractivity contribution in [2.45, 2.75) is 18.9 Å². The van der Waals surface area contributed by atoms with Crippen LogP contribution < -0.4 is 0 Å². The number of phenolic OH excluding ortho intramolecular Hbond substituents is 1. The summed E-state index contributed by atoms with van der Waals surface area (Å²) in [7, 11) is 0. The number of aromatic hydroxyl groups is 1. The van der Waals surface area contributed by atoms with Gasteiger partial charge < -0.3 is 9.84 Å². The molecule has 1 aliphatic carbocycles. The van der Waals surface area contributed by atoms with Crippen molar-refractivity contribution in [3.8, 4) is 5.75 Å². The summed E-state index contributed by atoms with van der Waals surface area (Å²) in [6, 6.07) is 10.6. The second-order valence-electron chi connectivity index (χ2n) is 5.86. The Morgan fingerprint density at radius 1 is 1.04 bits per heavy atom. The topological polar surface area (TPSA) is 63.6 Å². The number of halogens is 1. The highest BCUT2D eigenvalue weighted by atomic mass is 19.1. The molecule has 0 saturated carbocycles. The minimum atomic E-state index is -0.703. The second-order valence-corrected chi connectivity index (χ2v) is 5.86. The highest BCUT2D eigenvalue weighted by Crippen LogP contribution is 2.43. The third-order valence-electron chi connectivity index (χ3n) is 4.43. The number of carbonyl (C=O) groups excluding carboxylic acids is 2. The van der Waals surface area contributed by atoms with Gasteiger partial charge in [0.2, 0.25) is 11.6 Å². The molecule has 0 spiro atoms. The predicted octanol–water partition coefficient (Wildman–Crippen LogP) is 3.56. The van der Waals surface area contributed by atoms with Crippen molar-refractivity contribution in [3.05, 3.63) is 70.5 Å². The highest BCUT2D eigenvalue weighted by Gasteiger charge is 2.39. The van der Waals surface area contributed by atoms with E-state index >= 15 is 0 Å². The summed E-state index contributed by atoms with van der Waals surface area (Å²) in [5.74, 6) is -1.55. The van der Waals surface area contributed by atoms with Gasteiger partial charge in [-0.2, -0.15) is 0 Å². The molecule has 4 nitrogen and oxygen atoms in total. The first-order valence-corrected chi connectivity index (χ1v) is 7.63. The largest absolute Gasteiger partial charge is 0.507 e. The quantitative estimate of drug-likeness (QED) is 0.815. The fraction of sp³-hybridized carbons (Fsp3) is 0.158. The number of fused-ring (bicyclic) bond motifs is 2. The molecule has 4 rings (SSSR count). The Morgan fingerprint density at radius 3 is 2.54 bits per heavy atom. The number of ether oxygens (including phenoxy) is 1. The average Bonchev–Trinajstić information content (AvgIpc) is 2.60. The van der Waals surface area contributed by atoms with Crippen LogP contribution in [0.2, 0.25) is 0 Å². The molecule has 1 aliphatic heterocycles. The first-order chi connectivity index (χ1) is 11.6. The van der Waals surface area contributed by atoms with E-state index in [2.05, 4.69) is 0 Å². The van der Waals surface area contributed by atoms with Crippen molar-refractivity contribution >= 4 is 17.3 Å². The number of ketones is 2. The Bertz CT molecular complexity index is 896. The van der Waals surface area contributed by atoms with Crippen molar-refractivity contribution < 1.29 is 23.8 Å². The molecular formula is C19H13FO4. The van der Waals surface area contributed by atoms with Gasteiger partial charge in [-0.15, -0.1) is 0 Å². The van der Waals surface area contributed by atoms with Crippen molar-refractivity contribution in [3.63, 3.8) is 0 Å². The number of allylic oxidation sites excluding steroid dienone is 1. The van der Waals surface area contributed by atoms with Crippen molar-refractivity contribution in [2.24, 2.45) is 0 Å². The van der Waals surface area contributed by atoms with Crippen LogP contribution in [0.1, 0.15) is 40.4 Å². The van der Waals surface area contributed by atoms with Crippen LogP contribution in [0.4, 0.5) is 4.39 Å². The monoisotopic (exact) mass is 324 g/mol. The van der Waals surface area contributed by atoms with Crippen LogP contribution >= 0.6 is 0 Å². The Kier molecular flexibility index (Phi) is 3.23. The molecule has 0 aromatic heterocycles. The Labute approximate surface area is 137 Å². The number of Topliss-reactive ketones (excluding diaryl/α,β-unsaturated/α-hetero) is 2. The summed E-state index contributed by atoms with van der Waals surface area (Å²) in [4.78, 5) is 24.6. The molecule has 0 saturated heterocycles. The van der Waals surface area contributed by atoms with E-state index < -0.39 is 11.6 Å². The predicted molar refractivity (Wildman–Crippen MR) is 83.8 cm³/mol. The SMILES string of the molecule is O=C1C(=O)c2c(O)cccc2C2=C1CCC(c1ccc(F)cc1)O2. The average molecular weight is 324 g/mol. The van der Waals surface area contributed by atoms with Crippen molar-refractivity contribution in [2.75, 3.05) is 0 Å². The summed E-state index contributed by atoms with van der Waals surface area (Å²) in [5.41, 5.74) is 1.56.